The predicted molar refractivity (Wildman–Crippen MR) is 85.8 cm³/mol. The van der Waals surface area contributed by atoms with Crippen LogP contribution >= 0.6 is 42.5 Å². The minimum absolute atomic E-state index is 0.266. The fraction of sp³-hybridized carbons (Fsp3) is 0.273. The van der Waals surface area contributed by atoms with Gasteiger partial charge in [-0.3, -0.25) is 4.57 Å². The first-order valence-electron chi connectivity index (χ1n) is 5.67. The quantitative estimate of drug-likeness (QED) is 0.643. The first-order chi connectivity index (χ1) is 9.84. The molecule has 0 aliphatic rings. The summed E-state index contributed by atoms with van der Waals surface area (Å²) in [5.74, 6) is 0.394. The van der Waals surface area contributed by atoms with Crippen molar-refractivity contribution in [2.75, 3.05) is 13.7 Å². The molecule has 0 saturated heterocycles. The van der Waals surface area contributed by atoms with Crippen LogP contribution in [0.15, 0.2) is 32.3 Å². The Hall–Kier alpha value is -0.480. The summed E-state index contributed by atoms with van der Waals surface area (Å²) in [5.41, 5.74) is 0.702. The van der Waals surface area contributed by atoms with Gasteiger partial charge in [0.1, 0.15) is 0 Å². The Morgan fingerprint density at radius 3 is 2.62 bits per heavy atom. The topological polar surface area (TPSA) is 74.1 Å². The van der Waals surface area contributed by atoms with Gasteiger partial charge in [-0.2, -0.15) is 0 Å². The summed E-state index contributed by atoms with van der Waals surface area (Å²) in [5, 5.41) is 7.33. The van der Waals surface area contributed by atoms with Gasteiger partial charge in [0, 0.05) is 32.3 Å². The maximum Gasteiger partial charge on any atom is 0.296 e. The smallest absolute Gasteiger partial charge is 0.296 e. The van der Waals surface area contributed by atoms with Crippen LogP contribution in [0.2, 0.25) is 0 Å². The van der Waals surface area contributed by atoms with Gasteiger partial charge in [0.2, 0.25) is 0 Å². The molecule has 114 valence electrons. The van der Waals surface area contributed by atoms with Crippen molar-refractivity contribution < 1.29 is 13.2 Å². The zero-order chi connectivity index (χ0) is 15.6. The zero-order valence-corrected chi connectivity index (χ0v) is 15.5. The Kier molecular flexibility index (Phi) is 5.42. The predicted octanol–water partition coefficient (Wildman–Crippen LogP) is 3.04. The highest BCUT2D eigenvalue weighted by molar-refractivity contribution is 9.11. The molecule has 0 fully saturated rings. The Bertz CT molecular complexity index is 764. The molecule has 0 unspecified atom stereocenters. The summed E-state index contributed by atoms with van der Waals surface area (Å²) in [6, 6.07) is 5.45. The molecule has 0 bridgehead atoms. The second-order valence-electron chi connectivity index (χ2n) is 4.01. The van der Waals surface area contributed by atoms with Crippen LogP contribution in [0.25, 0.3) is 11.4 Å². The van der Waals surface area contributed by atoms with E-state index in [4.69, 9.17) is 15.4 Å². The molecule has 0 aliphatic carbocycles. The fourth-order valence-electron chi connectivity index (χ4n) is 1.72. The highest BCUT2D eigenvalue weighted by Crippen LogP contribution is 2.31. The third-order valence-electron chi connectivity index (χ3n) is 2.63. The molecule has 1 aromatic heterocycles. The first-order valence-corrected chi connectivity index (χ1v) is 9.56. The average molecular weight is 460 g/mol. The zero-order valence-electron chi connectivity index (χ0n) is 10.8. The number of benzene rings is 1. The van der Waals surface area contributed by atoms with Crippen LogP contribution in [0.5, 0.6) is 0 Å². The lowest BCUT2D eigenvalue weighted by Crippen LogP contribution is -2.11. The van der Waals surface area contributed by atoms with Crippen molar-refractivity contribution in [1.29, 1.82) is 0 Å². The lowest BCUT2D eigenvalue weighted by molar-refractivity contribution is 0.185. The largest absolute Gasteiger partial charge is 0.383 e. The minimum atomic E-state index is -3.99. The van der Waals surface area contributed by atoms with Gasteiger partial charge in [0.15, 0.2) is 5.82 Å². The standard InChI is InChI=1S/C11H10Br2ClN3O3S/c1-20-5-4-17-10(15-16-11(17)21(14,18)19)8-3-2-7(12)6-9(8)13/h2-3,6H,4-5H2,1H3. The minimum Gasteiger partial charge on any atom is -0.383 e. The monoisotopic (exact) mass is 457 g/mol. The molecule has 0 spiro atoms. The van der Waals surface area contributed by atoms with Gasteiger partial charge >= 0.3 is 0 Å². The molecular weight excluding hydrogens is 449 g/mol. The maximum atomic E-state index is 11.6. The third-order valence-corrected chi connectivity index (χ3v) is 4.93. The van der Waals surface area contributed by atoms with E-state index in [9.17, 15) is 8.42 Å². The highest BCUT2D eigenvalue weighted by Gasteiger charge is 2.24. The number of ether oxygens (including phenoxy) is 1. The number of hydrogen-bond donors (Lipinski definition) is 0. The highest BCUT2D eigenvalue weighted by atomic mass is 79.9. The van der Waals surface area contributed by atoms with E-state index >= 15 is 0 Å². The Morgan fingerprint density at radius 1 is 1.33 bits per heavy atom. The summed E-state index contributed by atoms with van der Waals surface area (Å²) in [7, 11) is 2.93. The maximum absolute atomic E-state index is 11.6. The van der Waals surface area contributed by atoms with Crippen LogP contribution in [-0.4, -0.2) is 36.9 Å². The molecule has 10 heteroatoms. The molecule has 6 nitrogen and oxygen atoms in total. The van der Waals surface area contributed by atoms with Gasteiger partial charge in [-0.05, 0) is 34.1 Å². The Labute approximate surface area is 143 Å². The van der Waals surface area contributed by atoms with E-state index in [0.29, 0.717) is 18.0 Å². The van der Waals surface area contributed by atoms with Crippen molar-refractivity contribution in [1.82, 2.24) is 14.8 Å². The molecule has 0 N–H and O–H groups in total. The van der Waals surface area contributed by atoms with Crippen molar-refractivity contribution in [2.24, 2.45) is 0 Å². The van der Waals surface area contributed by atoms with E-state index in [0.717, 1.165) is 8.95 Å². The fourth-order valence-corrected chi connectivity index (χ4v) is 3.87. The van der Waals surface area contributed by atoms with Crippen molar-refractivity contribution in [2.45, 2.75) is 11.7 Å². The van der Waals surface area contributed by atoms with E-state index in [2.05, 4.69) is 42.1 Å². The van der Waals surface area contributed by atoms with Crippen LogP contribution in [-0.2, 0) is 20.3 Å². The number of hydrogen-bond acceptors (Lipinski definition) is 5. The van der Waals surface area contributed by atoms with Gasteiger partial charge in [-0.25, -0.2) is 8.42 Å². The molecular formula is C11H10Br2ClN3O3S. The van der Waals surface area contributed by atoms with Crippen LogP contribution in [0.1, 0.15) is 0 Å². The van der Waals surface area contributed by atoms with Gasteiger partial charge < -0.3 is 4.74 Å². The molecule has 21 heavy (non-hydrogen) atoms. The van der Waals surface area contributed by atoms with Crippen LogP contribution < -0.4 is 0 Å². The normalized spacial score (nSPS) is 11.8. The van der Waals surface area contributed by atoms with Gasteiger partial charge in [0.25, 0.3) is 14.2 Å². The summed E-state index contributed by atoms with van der Waals surface area (Å²) >= 11 is 6.78. The van der Waals surface area contributed by atoms with Gasteiger partial charge in [-0.1, -0.05) is 15.9 Å². The molecule has 1 aromatic carbocycles. The van der Waals surface area contributed by atoms with Gasteiger partial charge in [0.05, 0.1) is 13.2 Å². The molecule has 0 aliphatic heterocycles. The van der Waals surface area contributed by atoms with E-state index in [-0.39, 0.29) is 11.7 Å². The number of aromatic nitrogens is 3. The SMILES string of the molecule is COCCn1c(-c2ccc(Br)cc2Br)nnc1S(=O)(=O)Cl. The molecule has 0 atom stereocenters. The van der Waals surface area contributed by atoms with E-state index < -0.39 is 9.05 Å². The van der Waals surface area contributed by atoms with E-state index in [1.807, 2.05) is 12.1 Å². The second kappa shape index (κ2) is 6.74. The summed E-state index contributed by atoms with van der Waals surface area (Å²) in [4.78, 5) is 0. The Morgan fingerprint density at radius 2 is 2.05 bits per heavy atom. The van der Waals surface area contributed by atoms with Gasteiger partial charge in [-0.15, -0.1) is 10.2 Å². The molecule has 0 amide bonds. The molecule has 2 rings (SSSR count). The lowest BCUT2D eigenvalue weighted by atomic mass is 10.2. The molecule has 0 saturated carbocycles. The number of halogens is 3. The van der Waals surface area contributed by atoms with Crippen molar-refractivity contribution >= 4 is 51.6 Å². The van der Waals surface area contributed by atoms with Crippen molar-refractivity contribution in [3.8, 4) is 11.4 Å². The number of methoxy groups -OCH3 is 1. The van der Waals surface area contributed by atoms with E-state index in [1.54, 1.807) is 6.07 Å². The second-order valence-corrected chi connectivity index (χ2v) is 8.24. The van der Waals surface area contributed by atoms with E-state index in [1.165, 1.54) is 11.7 Å². The molecule has 1 heterocycles. The lowest BCUT2D eigenvalue weighted by Gasteiger charge is -2.09. The number of rotatable bonds is 5. The number of nitrogens with zero attached hydrogens (tertiary/aromatic N) is 3. The summed E-state index contributed by atoms with van der Waals surface area (Å²) < 4.78 is 31.2. The summed E-state index contributed by atoms with van der Waals surface area (Å²) in [6.07, 6.45) is 0. The first kappa shape index (κ1) is 16.9. The third kappa shape index (κ3) is 3.84. The van der Waals surface area contributed by atoms with Crippen LogP contribution in [0.4, 0.5) is 0 Å². The molecule has 2 aromatic rings. The van der Waals surface area contributed by atoms with Crippen LogP contribution in [0.3, 0.4) is 0 Å². The van der Waals surface area contributed by atoms with Crippen LogP contribution in [0, 0.1) is 0 Å². The van der Waals surface area contributed by atoms with Crippen molar-refractivity contribution in [3.05, 3.63) is 27.1 Å². The Balaban J connectivity index is 2.60. The summed E-state index contributed by atoms with van der Waals surface area (Å²) in [6.45, 7) is 0.571. The van der Waals surface area contributed by atoms with Crippen molar-refractivity contribution in [3.63, 3.8) is 0 Å². The average Bonchev–Trinajstić information content (AvgIpc) is 2.79. The molecule has 0 radical (unpaired) electrons.